The second-order valence-corrected chi connectivity index (χ2v) is 8.30. The van der Waals surface area contributed by atoms with Crippen molar-refractivity contribution in [1.82, 2.24) is 5.43 Å². The maximum atomic E-state index is 11.9. The van der Waals surface area contributed by atoms with Gasteiger partial charge in [0.1, 0.15) is 12.4 Å². The molecule has 5 heteroatoms. The number of hydrogen-bond donors (Lipinski definition) is 1. The second kappa shape index (κ2) is 15.5. The molecule has 0 fully saturated rings. The molecule has 1 N–H and O–H groups in total. The summed E-state index contributed by atoms with van der Waals surface area (Å²) in [6.45, 7) is 2.71. The smallest absolute Gasteiger partial charge is 0.240 e. The molecular formula is C26H35ClN2O2. The van der Waals surface area contributed by atoms with E-state index in [1.807, 2.05) is 48.5 Å². The van der Waals surface area contributed by atoms with E-state index in [0.717, 1.165) is 29.7 Å². The van der Waals surface area contributed by atoms with Crippen LogP contribution in [0.1, 0.15) is 82.3 Å². The van der Waals surface area contributed by atoms with Crippen LogP contribution in [0.15, 0.2) is 53.6 Å². The number of amides is 1. The van der Waals surface area contributed by atoms with Gasteiger partial charge in [0, 0.05) is 11.4 Å². The van der Waals surface area contributed by atoms with E-state index in [0.29, 0.717) is 18.1 Å². The predicted octanol–water partition coefficient (Wildman–Crippen LogP) is 7.29. The number of hydrazone groups is 1. The van der Waals surface area contributed by atoms with Crippen LogP contribution >= 0.6 is 11.6 Å². The first-order chi connectivity index (χ1) is 15.2. The molecule has 0 atom stereocenters. The highest BCUT2D eigenvalue weighted by molar-refractivity contribution is 6.30. The van der Waals surface area contributed by atoms with Gasteiger partial charge in [-0.15, -0.1) is 0 Å². The zero-order valence-electron chi connectivity index (χ0n) is 18.6. The normalized spacial score (nSPS) is 11.0. The highest BCUT2D eigenvalue weighted by Crippen LogP contribution is 2.16. The number of ether oxygens (including phenoxy) is 1. The van der Waals surface area contributed by atoms with E-state index in [1.165, 1.54) is 44.9 Å². The molecule has 0 aliphatic rings. The Morgan fingerprint density at radius 2 is 1.65 bits per heavy atom. The summed E-state index contributed by atoms with van der Waals surface area (Å²) >= 11 is 5.90. The molecule has 168 valence electrons. The molecule has 0 aliphatic heterocycles. The summed E-state index contributed by atoms with van der Waals surface area (Å²) in [6.07, 6.45) is 13.3. The van der Waals surface area contributed by atoms with Gasteiger partial charge in [0.2, 0.25) is 5.91 Å². The van der Waals surface area contributed by atoms with Crippen LogP contribution < -0.4 is 10.2 Å². The number of halogens is 1. The molecule has 0 radical (unpaired) electrons. The van der Waals surface area contributed by atoms with Crippen molar-refractivity contribution in [3.63, 3.8) is 0 Å². The number of carbonyl (C=O) groups is 1. The topological polar surface area (TPSA) is 50.7 Å². The fraction of sp³-hybridized carbons (Fsp3) is 0.462. The highest BCUT2D eigenvalue weighted by atomic mass is 35.5. The first-order valence-electron chi connectivity index (χ1n) is 11.5. The third-order valence-electron chi connectivity index (χ3n) is 5.09. The van der Waals surface area contributed by atoms with Gasteiger partial charge in [-0.1, -0.05) is 94.2 Å². The first kappa shape index (κ1) is 24.9. The monoisotopic (exact) mass is 442 g/mol. The minimum absolute atomic E-state index is 0.0330. The number of benzene rings is 2. The maximum absolute atomic E-state index is 11.9. The molecule has 0 aromatic heterocycles. The number of rotatable bonds is 15. The Labute approximate surface area is 192 Å². The van der Waals surface area contributed by atoms with Crippen molar-refractivity contribution in [2.45, 2.75) is 77.7 Å². The Morgan fingerprint density at radius 3 is 2.35 bits per heavy atom. The van der Waals surface area contributed by atoms with Crippen LogP contribution in [0.2, 0.25) is 5.02 Å². The van der Waals surface area contributed by atoms with Crippen molar-refractivity contribution in [3.05, 3.63) is 64.7 Å². The molecule has 0 heterocycles. The summed E-state index contributed by atoms with van der Waals surface area (Å²) in [4.78, 5) is 11.9. The number of carbonyl (C=O) groups excluding carboxylic acids is 1. The average molecular weight is 443 g/mol. The number of unbranched alkanes of at least 4 members (excludes halogenated alkanes) is 8. The zero-order chi connectivity index (χ0) is 22.2. The summed E-state index contributed by atoms with van der Waals surface area (Å²) in [5.41, 5.74) is 4.54. The van der Waals surface area contributed by atoms with E-state index in [4.69, 9.17) is 16.3 Å². The van der Waals surface area contributed by atoms with Crippen LogP contribution in [0, 0.1) is 0 Å². The second-order valence-electron chi connectivity index (χ2n) is 7.86. The van der Waals surface area contributed by atoms with Gasteiger partial charge in [-0.2, -0.15) is 5.10 Å². The fourth-order valence-electron chi connectivity index (χ4n) is 3.26. The zero-order valence-corrected chi connectivity index (χ0v) is 19.4. The molecule has 0 aliphatic carbocycles. The highest BCUT2D eigenvalue weighted by Gasteiger charge is 2.01. The van der Waals surface area contributed by atoms with Gasteiger partial charge in [0.25, 0.3) is 0 Å². The van der Waals surface area contributed by atoms with Gasteiger partial charge in [0.05, 0.1) is 6.21 Å². The standard InChI is InChI=1S/C26H35ClN2O2/c1-2-3-4-5-6-7-8-9-10-14-26(30)29-28-20-23-12-11-13-25(19-23)31-21-22-15-17-24(27)18-16-22/h11-13,15-20H,2-10,14,21H2,1H3,(H,29,30)/b28-20-. The van der Waals surface area contributed by atoms with Gasteiger partial charge in [-0.3, -0.25) is 4.79 Å². The molecule has 0 bridgehead atoms. The van der Waals surface area contributed by atoms with Gasteiger partial charge in [-0.25, -0.2) is 5.43 Å². The third-order valence-corrected chi connectivity index (χ3v) is 5.34. The summed E-state index contributed by atoms with van der Waals surface area (Å²) in [7, 11) is 0. The molecule has 0 spiro atoms. The molecule has 2 aromatic rings. The molecule has 1 amide bonds. The summed E-state index contributed by atoms with van der Waals surface area (Å²) in [5, 5.41) is 4.78. The van der Waals surface area contributed by atoms with Gasteiger partial charge < -0.3 is 4.74 Å². The number of nitrogens with one attached hydrogen (secondary N) is 1. The largest absolute Gasteiger partial charge is 0.489 e. The van der Waals surface area contributed by atoms with E-state index >= 15 is 0 Å². The van der Waals surface area contributed by atoms with Crippen LogP contribution in [0.3, 0.4) is 0 Å². The Kier molecular flexibility index (Phi) is 12.4. The number of hydrogen-bond acceptors (Lipinski definition) is 3. The molecule has 0 saturated carbocycles. The van der Waals surface area contributed by atoms with E-state index in [2.05, 4.69) is 17.5 Å². The predicted molar refractivity (Wildman–Crippen MR) is 130 cm³/mol. The van der Waals surface area contributed by atoms with E-state index in [-0.39, 0.29) is 5.91 Å². The Bertz CT molecular complexity index is 790. The van der Waals surface area contributed by atoms with Gasteiger partial charge >= 0.3 is 0 Å². The Balaban J connectivity index is 1.60. The van der Waals surface area contributed by atoms with Crippen LogP contribution in [0.5, 0.6) is 5.75 Å². The summed E-state index contributed by atoms with van der Waals surface area (Å²) < 4.78 is 5.82. The molecule has 0 unspecified atom stereocenters. The van der Waals surface area contributed by atoms with Crippen molar-refractivity contribution < 1.29 is 9.53 Å². The van der Waals surface area contributed by atoms with Gasteiger partial charge in [-0.05, 0) is 41.8 Å². The van der Waals surface area contributed by atoms with Crippen molar-refractivity contribution in [2.24, 2.45) is 5.10 Å². The lowest BCUT2D eigenvalue weighted by molar-refractivity contribution is -0.121. The lowest BCUT2D eigenvalue weighted by atomic mass is 10.1. The van der Waals surface area contributed by atoms with Crippen LogP contribution in [0.25, 0.3) is 0 Å². The first-order valence-corrected chi connectivity index (χ1v) is 11.8. The lowest BCUT2D eigenvalue weighted by Gasteiger charge is -2.07. The summed E-state index contributed by atoms with van der Waals surface area (Å²) in [5.74, 6) is 0.717. The lowest BCUT2D eigenvalue weighted by Crippen LogP contribution is -2.16. The van der Waals surface area contributed by atoms with E-state index < -0.39 is 0 Å². The minimum atomic E-state index is -0.0330. The minimum Gasteiger partial charge on any atom is -0.489 e. The molecular weight excluding hydrogens is 408 g/mol. The van der Waals surface area contributed by atoms with Crippen molar-refractivity contribution in [3.8, 4) is 5.75 Å². The molecule has 31 heavy (non-hydrogen) atoms. The maximum Gasteiger partial charge on any atom is 0.240 e. The Morgan fingerprint density at radius 1 is 0.968 bits per heavy atom. The molecule has 2 aromatic carbocycles. The quantitative estimate of drug-likeness (QED) is 0.179. The fourth-order valence-corrected chi connectivity index (χ4v) is 3.39. The van der Waals surface area contributed by atoms with Gasteiger partial charge in [0.15, 0.2) is 0 Å². The average Bonchev–Trinajstić information content (AvgIpc) is 2.78. The SMILES string of the molecule is CCCCCCCCCCCC(=O)N/N=C\c1cccc(OCc2ccc(Cl)cc2)c1. The molecule has 0 saturated heterocycles. The van der Waals surface area contributed by atoms with Crippen LogP contribution in [0.4, 0.5) is 0 Å². The van der Waals surface area contributed by atoms with E-state index in [1.54, 1.807) is 6.21 Å². The van der Waals surface area contributed by atoms with Crippen LogP contribution in [-0.4, -0.2) is 12.1 Å². The third kappa shape index (κ3) is 11.6. The van der Waals surface area contributed by atoms with Crippen molar-refractivity contribution in [2.75, 3.05) is 0 Å². The molecule has 2 rings (SSSR count). The number of nitrogens with zero attached hydrogens (tertiary/aromatic N) is 1. The summed E-state index contributed by atoms with van der Waals surface area (Å²) in [6, 6.07) is 15.2. The van der Waals surface area contributed by atoms with Crippen LogP contribution in [-0.2, 0) is 11.4 Å². The van der Waals surface area contributed by atoms with Crippen molar-refractivity contribution in [1.29, 1.82) is 0 Å². The van der Waals surface area contributed by atoms with E-state index in [9.17, 15) is 4.79 Å². The molecule has 4 nitrogen and oxygen atoms in total. The van der Waals surface area contributed by atoms with Crippen molar-refractivity contribution >= 4 is 23.7 Å². The Hall–Kier alpha value is -2.33.